The molecule has 1 heterocycles. The summed E-state index contributed by atoms with van der Waals surface area (Å²) in [6, 6.07) is 2.82. The number of nitrogens with zero attached hydrogens (tertiary/aromatic N) is 1. The monoisotopic (exact) mass is 279 g/mol. The number of hydrogen-bond acceptors (Lipinski definition) is 4. The summed E-state index contributed by atoms with van der Waals surface area (Å²) in [6.45, 7) is 7.58. The van der Waals surface area contributed by atoms with E-state index >= 15 is 0 Å². The molecule has 20 heavy (non-hydrogen) atoms. The highest BCUT2D eigenvalue weighted by molar-refractivity contribution is 5.93. The van der Waals surface area contributed by atoms with Crippen molar-refractivity contribution in [1.29, 1.82) is 0 Å². The Labute approximate surface area is 118 Å². The van der Waals surface area contributed by atoms with Crippen LogP contribution in [0.4, 0.5) is 5.82 Å². The van der Waals surface area contributed by atoms with Crippen LogP contribution in [0.15, 0.2) is 12.1 Å². The minimum absolute atomic E-state index is 0.0367. The van der Waals surface area contributed by atoms with Gasteiger partial charge in [0.2, 0.25) is 5.91 Å². The van der Waals surface area contributed by atoms with Gasteiger partial charge in [-0.3, -0.25) is 9.59 Å². The maximum atomic E-state index is 11.2. The van der Waals surface area contributed by atoms with Crippen LogP contribution in [0, 0.1) is 12.3 Å². The molecule has 1 unspecified atom stereocenters. The Morgan fingerprint density at radius 2 is 2.00 bits per heavy atom. The number of primary amides is 1. The van der Waals surface area contributed by atoms with Gasteiger partial charge < -0.3 is 16.2 Å². The van der Waals surface area contributed by atoms with Crippen LogP contribution in [0.3, 0.4) is 0 Å². The molecule has 0 fully saturated rings. The predicted molar refractivity (Wildman–Crippen MR) is 76.6 cm³/mol. The molecule has 0 aliphatic heterocycles. The Kier molecular flexibility index (Phi) is 4.70. The van der Waals surface area contributed by atoms with Gasteiger partial charge in [-0.05, 0) is 24.5 Å². The van der Waals surface area contributed by atoms with Gasteiger partial charge in [0.25, 0.3) is 0 Å². The second-order valence-corrected chi connectivity index (χ2v) is 5.91. The molecule has 0 saturated heterocycles. The van der Waals surface area contributed by atoms with Gasteiger partial charge in [-0.15, -0.1) is 0 Å². The number of rotatable bonds is 5. The Morgan fingerprint density at radius 1 is 1.40 bits per heavy atom. The highest BCUT2D eigenvalue weighted by Gasteiger charge is 2.27. The van der Waals surface area contributed by atoms with E-state index in [1.165, 1.54) is 6.07 Å². The lowest BCUT2D eigenvalue weighted by atomic mass is 9.84. The van der Waals surface area contributed by atoms with Crippen LogP contribution in [0.5, 0.6) is 0 Å². The largest absolute Gasteiger partial charge is 0.481 e. The lowest BCUT2D eigenvalue weighted by molar-refractivity contribution is -0.137. The van der Waals surface area contributed by atoms with E-state index in [0.717, 1.165) is 0 Å². The maximum absolute atomic E-state index is 11.2. The Balaban J connectivity index is 3.04. The Hall–Kier alpha value is -2.11. The van der Waals surface area contributed by atoms with Gasteiger partial charge >= 0.3 is 5.97 Å². The highest BCUT2D eigenvalue weighted by Crippen LogP contribution is 2.25. The molecule has 1 aromatic rings. The van der Waals surface area contributed by atoms with Crippen LogP contribution in [0.1, 0.15) is 43.2 Å². The fraction of sp³-hybridized carbons (Fsp3) is 0.500. The van der Waals surface area contributed by atoms with Crippen molar-refractivity contribution in [3.05, 3.63) is 23.4 Å². The number of nitrogens with two attached hydrogens (primary N) is 1. The Morgan fingerprint density at radius 3 is 2.45 bits per heavy atom. The second-order valence-electron chi connectivity index (χ2n) is 5.91. The lowest BCUT2D eigenvalue weighted by Gasteiger charge is -2.31. The van der Waals surface area contributed by atoms with E-state index < -0.39 is 11.9 Å². The van der Waals surface area contributed by atoms with Crippen LogP contribution in [-0.4, -0.2) is 28.0 Å². The van der Waals surface area contributed by atoms with Gasteiger partial charge in [0.05, 0.1) is 6.42 Å². The summed E-state index contributed by atoms with van der Waals surface area (Å²) < 4.78 is 0. The van der Waals surface area contributed by atoms with E-state index in [1.54, 1.807) is 13.0 Å². The zero-order valence-corrected chi connectivity index (χ0v) is 12.2. The summed E-state index contributed by atoms with van der Waals surface area (Å²) in [5.41, 5.74) is 5.99. The summed E-state index contributed by atoms with van der Waals surface area (Å²) >= 11 is 0. The molecule has 110 valence electrons. The number of hydrogen-bond donors (Lipinski definition) is 3. The first-order chi connectivity index (χ1) is 9.09. The van der Waals surface area contributed by atoms with Gasteiger partial charge in [-0.25, -0.2) is 4.98 Å². The van der Waals surface area contributed by atoms with Crippen molar-refractivity contribution < 1.29 is 14.7 Å². The molecular weight excluding hydrogens is 258 g/mol. The number of aromatic nitrogens is 1. The fourth-order valence-corrected chi connectivity index (χ4v) is 1.81. The summed E-state index contributed by atoms with van der Waals surface area (Å²) in [5.74, 6) is -0.968. The zero-order valence-electron chi connectivity index (χ0n) is 12.2. The van der Waals surface area contributed by atoms with Crippen LogP contribution in [0.2, 0.25) is 0 Å². The average Bonchev–Trinajstić information content (AvgIpc) is 2.25. The number of nitrogens with one attached hydrogen (secondary N) is 1. The summed E-state index contributed by atoms with van der Waals surface area (Å²) in [6.07, 6.45) is -0.0367. The summed E-state index contributed by atoms with van der Waals surface area (Å²) in [4.78, 5) is 26.5. The van der Waals surface area contributed by atoms with Crippen LogP contribution < -0.4 is 11.1 Å². The van der Waals surface area contributed by atoms with Gasteiger partial charge in [0, 0.05) is 17.3 Å². The van der Waals surface area contributed by atoms with Gasteiger partial charge in [0.1, 0.15) is 5.82 Å². The first kappa shape index (κ1) is 15.9. The molecule has 1 aromatic heterocycles. The number of pyridine rings is 1. The van der Waals surface area contributed by atoms with Gasteiger partial charge in [-0.1, -0.05) is 20.8 Å². The fourth-order valence-electron chi connectivity index (χ4n) is 1.81. The van der Waals surface area contributed by atoms with E-state index in [0.29, 0.717) is 17.1 Å². The van der Waals surface area contributed by atoms with Crippen molar-refractivity contribution in [2.75, 3.05) is 5.32 Å². The summed E-state index contributed by atoms with van der Waals surface area (Å²) in [7, 11) is 0. The number of amides is 1. The van der Waals surface area contributed by atoms with Crippen molar-refractivity contribution in [1.82, 2.24) is 4.98 Å². The first-order valence-electron chi connectivity index (χ1n) is 6.36. The molecule has 0 aliphatic carbocycles. The summed E-state index contributed by atoms with van der Waals surface area (Å²) in [5, 5.41) is 12.1. The molecule has 0 saturated carbocycles. The quantitative estimate of drug-likeness (QED) is 0.762. The topological polar surface area (TPSA) is 105 Å². The molecule has 6 nitrogen and oxygen atoms in total. The van der Waals surface area contributed by atoms with Crippen LogP contribution in [-0.2, 0) is 4.79 Å². The standard InChI is InChI=1S/C14H21N3O3/c1-8-5-9(13(15)20)6-11(16-8)17-10(7-12(18)19)14(2,3)4/h5-6,10H,7H2,1-4H3,(H2,15,20)(H,16,17)(H,18,19). The smallest absolute Gasteiger partial charge is 0.305 e. The average molecular weight is 279 g/mol. The molecule has 0 aromatic carbocycles. The third-order valence-corrected chi connectivity index (χ3v) is 2.98. The number of aryl methyl sites for hydroxylation is 1. The van der Waals surface area contributed by atoms with Crippen molar-refractivity contribution in [3.63, 3.8) is 0 Å². The Bertz CT molecular complexity index is 521. The normalized spacial score (nSPS) is 12.8. The van der Waals surface area contributed by atoms with Crippen molar-refractivity contribution >= 4 is 17.7 Å². The van der Waals surface area contributed by atoms with Crippen molar-refractivity contribution in [2.24, 2.45) is 11.1 Å². The van der Waals surface area contributed by atoms with Crippen LogP contribution in [0.25, 0.3) is 0 Å². The molecule has 0 aliphatic rings. The number of carboxylic acids is 1. The number of anilines is 1. The van der Waals surface area contributed by atoms with Crippen molar-refractivity contribution in [3.8, 4) is 0 Å². The number of carbonyl (C=O) groups excluding carboxylic acids is 1. The third kappa shape index (κ3) is 4.53. The molecule has 1 amide bonds. The van der Waals surface area contributed by atoms with E-state index in [4.69, 9.17) is 10.8 Å². The number of carbonyl (C=O) groups is 2. The number of aliphatic carboxylic acids is 1. The first-order valence-corrected chi connectivity index (χ1v) is 6.36. The SMILES string of the molecule is Cc1cc(C(N)=O)cc(NC(CC(=O)O)C(C)(C)C)n1. The maximum Gasteiger partial charge on any atom is 0.305 e. The van der Waals surface area contributed by atoms with E-state index in [9.17, 15) is 9.59 Å². The second kappa shape index (κ2) is 5.90. The van der Waals surface area contributed by atoms with E-state index in [-0.39, 0.29) is 17.9 Å². The molecule has 1 atom stereocenters. The van der Waals surface area contributed by atoms with Gasteiger partial charge in [0.15, 0.2) is 0 Å². The molecule has 6 heteroatoms. The number of carboxylic acid groups (broad SMARTS) is 1. The minimum Gasteiger partial charge on any atom is -0.481 e. The lowest BCUT2D eigenvalue weighted by Crippen LogP contribution is -2.36. The molecule has 1 rings (SSSR count). The molecule has 0 bridgehead atoms. The molecular formula is C14H21N3O3. The van der Waals surface area contributed by atoms with E-state index in [2.05, 4.69) is 10.3 Å². The predicted octanol–water partition coefficient (Wildman–Crippen LogP) is 1.79. The van der Waals surface area contributed by atoms with Gasteiger partial charge in [-0.2, -0.15) is 0 Å². The highest BCUT2D eigenvalue weighted by atomic mass is 16.4. The van der Waals surface area contributed by atoms with E-state index in [1.807, 2.05) is 20.8 Å². The molecule has 4 N–H and O–H groups in total. The minimum atomic E-state index is -0.889. The molecule has 0 spiro atoms. The van der Waals surface area contributed by atoms with Crippen molar-refractivity contribution in [2.45, 2.75) is 40.2 Å². The van der Waals surface area contributed by atoms with Crippen LogP contribution >= 0.6 is 0 Å². The third-order valence-electron chi connectivity index (χ3n) is 2.98. The molecule has 0 radical (unpaired) electrons. The zero-order chi connectivity index (χ0) is 15.5.